The number of rotatable bonds is 3. The summed E-state index contributed by atoms with van der Waals surface area (Å²) in [6.45, 7) is 3.04. The van der Waals surface area contributed by atoms with Crippen molar-refractivity contribution in [2.75, 3.05) is 20.1 Å². The molecule has 1 N–H and O–H groups in total. The Morgan fingerprint density at radius 1 is 1.47 bits per heavy atom. The largest absolute Gasteiger partial charge is 0.316 e. The summed E-state index contributed by atoms with van der Waals surface area (Å²) in [5.74, 6) is 0. The highest BCUT2D eigenvalue weighted by Crippen LogP contribution is 2.20. The van der Waals surface area contributed by atoms with E-state index in [-0.39, 0.29) is 0 Å². The number of pyridine rings is 1. The second-order valence-electron chi connectivity index (χ2n) is 4.45. The number of likely N-dealkylation sites (tertiary alicyclic amines) is 1. The second-order valence-corrected chi connectivity index (χ2v) is 5.19. The fraction of sp³-hybridized carbons (Fsp3) is 0.583. The van der Waals surface area contributed by atoms with Crippen LogP contribution in [-0.4, -0.2) is 36.1 Å². The summed E-state index contributed by atoms with van der Waals surface area (Å²) < 4.78 is 0. The number of halogens is 2. The van der Waals surface area contributed by atoms with Gasteiger partial charge in [0.1, 0.15) is 10.3 Å². The molecule has 1 aliphatic heterocycles. The lowest BCUT2D eigenvalue weighted by molar-refractivity contribution is 0.188. The molecule has 2 rings (SSSR count). The normalized spacial score (nSPS) is 21.7. The summed E-state index contributed by atoms with van der Waals surface area (Å²) in [5.41, 5.74) is 1.05. The molecule has 0 aromatic carbocycles. The molecule has 1 aromatic heterocycles. The Labute approximate surface area is 112 Å². The Bertz CT molecular complexity index is 384. The van der Waals surface area contributed by atoms with Crippen molar-refractivity contribution in [1.29, 1.82) is 0 Å². The molecule has 1 unspecified atom stereocenters. The summed E-state index contributed by atoms with van der Waals surface area (Å²) in [7, 11) is 2.02. The van der Waals surface area contributed by atoms with E-state index in [4.69, 9.17) is 23.2 Å². The van der Waals surface area contributed by atoms with Crippen molar-refractivity contribution in [1.82, 2.24) is 15.2 Å². The van der Waals surface area contributed by atoms with Gasteiger partial charge in [-0.3, -0.25) is 4.90 Å². The number of hydrogen-bond donors (Lipinski definition) is 1. The third-order valence-corrected chi connectivity index (χ3v) is 3.74. The number of likely N-dealkylation sites (N-methyl/N-ethyl adjacent to an activating group) is 1. The number of hydrogen-bond acceptors (Lipinski definition) is 3. The third-order valence-electron chi connectivity index (χ3n) is 3.20. The van der Waals surface area contributed by atoms with Crippen molar-refractivity contribution in [3.8, 4) is 0 Å². The average molecular weight is 274 g/mol. The van der Waals surface area contributed by atoms with Crippen LogP contribution in [0.2, 0.25) is 10.3 Å². The maximum absolute atomic E-state index is 6.08. The van der Waals surface area contributed by atoms with E-state index in [1.54, 1.807) is 6.07 Å². The lowest BCUT2D eigenvalue weighted by atomic mass is 10.1. The highest BCUT2D eigenvalue weighted by Gasteiger charge is 2.19. The van der Waals surface area contributed by atoms with Crippen LogP contribution in [0, 0.1) is 0 Å². The average Bonchev–Trinajstić information content (AvgIpc) is 2.33. The molecule has 1 aromatic rings. The lowest BCUT2D eigenvalue weighted by Gasteiger charge is -2.32. The number of nitrogens with zero attached hydrogens (tertiary/aromatic N) is 2. The van der Waals surface area contributed by atoms with Crippen LogP contribution in [0.3, 0.4) is 0 Å². The van der Waals surface area contributed by atoms with Gasteiger partial charge in [-0.05, 0) is 32.5 Å². The van der Waals surface area contributed by atoms with E-state index in [1.807, 2.05) is 13.1 Å². The lowest BCUT2D eigenvalue weighted by Crippen LogP contribution is -2.43. The highest BCUT2D eigenvalue weighted by atomic mass is 35.5. The predicted molar refractivity (Wildman–Crippen MR) is 71.6 cm³/mol. The van der Waals surface area contributed by atoms with Crippen LogP contribution in [0.4, 0.5) is 0 Å². The SMILES string of the molecule is CNC1CCCN(Cc2ccc(Cl)nc2Cl)C1. The van der Waals surface area contributed by atoms with Crippen LogP contribution in [-0.2, 0) is 6.54 Å². The highest BCUT2D eigenvalue weighted by molar-refractivity contribution is 6.32. The molecule has 5 heteroatoms. The minimum absolute atomic E-state index is 0.450. The molecule has 1 atom stereocenters. The smallest absolute Gasteiger partial charge is 0.135 e. The molecule has 0 aliphatic carbocycles. The van der Waals surface area contributed by atoms with E-state index in [0.29, 0.717) is 16.3 Å². The topological polar surface area (TPSA) is 28.2 Å². The molecule has 1 saturated heterocycles. The monoisotopic (exact) mass is 273 g/mol. The molecule has 94 valence electrons. The summed E-state index contributed by atoms with van der Waals surface area (Å²) >= 11 is 11.9. The molecule has 17 heavy (non-hydrogen) atoms. The van der Waals surface area contributed by atoms with E-state index in [2.05, 4.69) is 15.2 Å². The molecule has 0 bridgehead atoms. The molecular formula is C12H17Cl2N3. The van der Waals surface area contributed by atoms with Gasteiger partial charge in [0, 0.05) is 24.7 Å². The third kappa shape index (κ3) is 3.55. The van der Waals surface area contributed by atoms with Gasteiger partial charge < -0.3 is 5.32 Å². The van der Waals surface area contributed by atoms with Crippen LogP contribution in [0.25, 0.3) is 0 Å². The van der Waals surface area contributed by atoms with Crippen molar-refractivity contribution in [2.45, 2.75) is 25.4 Å². The van der Waals surface area contributed by atoms with Gasteiger partial charge in [-0.1, -0.05) is 29.3 Å². The van der Waals surface area contributed by atoms with Crippen LogP contribution in [0.1, 0.15) is 18.4 Å². The van der Waals surface area contributed by atoms with Crippen molar-refractivity contribution >= 4 is 23.2 Å². The van der Waals surface area contributed by atoms with Crippen LogP contribution in [0.15, 0.2) is 12.1 Å². The van der Waals surface area contributed by atoms with Crippen molar-refractivity contribution in [3.63, 3.8) is 0 Å². The molecule has 0 radical (unpaired) electrons. The van der Waals surface area contributed by atoms with Gasteiger partial charge in [0.2, 0.25) is 0 Å². The Hall–Kier alpha value is -0.350. The first-order chi connectivity index (χ1) is 8.19. The maximum atomic E-state index is 6.08. The van der Waals surface area contributed by atoms with E-state index in [0.717, 1.165) is 25.2 Å². The van der Waals surface area contributed by atoms with Gasteiger partial charge in [-0.25, -0.2) is 4.98 Å². The summed E-state index contributed by atoms with van der Waals surface area (Å²) in [6, 6.07) is 4.34. The minimum atomic E-state index is 0.450. The van der Waals surface area contributed by atoms with Crippen molar-refractivity contribution < 1.29 is 0 Å². The second kappa shape index (κ2) is 6.01. The van der Waals surface area contributed by atoms with E-state index in [9.17, 15) is 0 Å². The predicted octanol–water partition coefficient (Wildman–Crippen LogP) is 2.57. The fourth-order valence-corrected chi connectivity index (χ4v) is 2.64. The molecule has 0 saturated carbocycles. The number of piperidine rings is 1. The summed E-state index contributed by atoms with van der Waals surface area (Å²) in [5, 5.41) is 4.30. The van der Waals surface area contributed by atoms with Gasteiger partial charge in [-0.15, -0.1) is 0 Å². The number of aromatic nitrogens is 1. The molecule has 2 heterocycles. The quantitative estimate of drug-likeness (QED) is 0.859. The van der Waals surface area contributed by atoms with Crippen molar-refractivity contribution in [2.24, 2.45) is 0 Å². The summed E-state index contributed by atoms with van der Waals surface area (Å²) in [4.78, 5) is 6.47. The Morgan fingerprint density at radius 3 is 3.00 bits per heavy atom. The molecule has 1 aliphatic rings. The van der Waals surface area contributed by atoms with E-state index in [1.165, 1.54) is 12.8 Å². The first-order valence-corrected chi connectivity index (χ1v) is 6.65. The molecule has 0 amide bonds. The molecule has 0 spiro atoms. The summed E-state index contributed by atoms with van der Waals surface area (Å²) in [6.07, 6.45) is 2.48. The van der Waals surface area contributed by atoms with E-state index >= 15 is 0 Å². The Kier molecular flexibility index (Phi) is 4.62. The first-order valence-electron chi connectivity index (χ1n) is 5.89. The molecule has 1 fully saturated rings. The zero-order valence-electron chi connectivity index (χ0n) is 9.92. The minimum Gasteiger partial charge on any atom is -0.316 e. The molecular weight excluding hydrogens is 257 g/mol. The zero-order valence-corrected chi connectivity index (χ0v) is 11.4. The van der Waals surface area contributed by atoms with Gasteiger partial charge in [0.05, 0.1) is 0 Å². The van der Waals surface area contributed by atoms with Gasteiger partial charge in [0.25, 0.3) is 0 Å². The molecule has 3 nitrogen and oxygen atoms in total. The van der Waals surface area contributed by atoms with Crippen LogP contribution >= 0.6 is 23.2 Å². The van der Waals surface area contributed by atoms with Gasteiger partial charge >= 0.3 is 0 Å². The first kappa shape index (κ1) is 13.1. The Balaban J connectivity index is 2.00. The zero-order chi connectivity index (χ0) is 12.3. The van der Waals surface area contributed by atoms with Gasteiger partial charge in [-0.2, -0.15) is 0 Å². The van der Waals surface area contributed by atoms with Crippen LogP contribution < -0.4 is 5.32 Å². The maximum Gasteiger partial charge on any atom is 0.135 e. The fourth-order valence-electron chi connectivity index (χ4n) is 2.23. The Morgan fingerprint density at radius 2 is 2.29 bits per heavy atom. The van der Waals surface area contributed by atoms with Crippen LogP contribution in [0.5, 0.6) is 0 Å². The van der Waals surface area contributed by atoms with E-state index < -0.39 is 0 Å². The van der Waals surface area contributed by atoms with Crippen molar-refractivity contribution in [3.05, 3.63) is 28.0 Å². The standard InChI is InChI=1S/C12H17Cl2N3/c1-15-10-3-2-6-17(8-10)7-9-4-5-11(13)16-12(9)14/h4-5,10,15H,2-3,6-8H2,1H3. The number of nitrogens with one attached hydrogen (secondary N) is 1. The van der Waals surface area contributed by atoms with Gasteiger partial charge in [0.15, 0.2) is 0 Å².